The average molecular weight is 522 g/mol. The molecule has 1 aliphatic carbocycles. The molecule has 1 fully saturated rings. The van der Waals surface area contributed by atoms with Crippen molar-refractivity contribution in [1.82, 2.24) is 4.90 Å². The standard InChI is InChI=1S/C32H43NO5/c1-6-25(15-16-36-23(3)34)30-14-10-9-13-29(30)22(2)37-21-28-20-33(31(35)38-28)32(4,5)19-24-17-26-11-7-8-12-27(26)18-24/h7-14,22,24-25,28H,6,15-21H2,1-5H3/t22-,25?,28-/m1/s1. The number of ether oxygens (including phenoxy) is 3. The Hall–Kier alpha value is -2.86. The molecule has 0 saturated carbocycles. The lowest BCUT2D eigenvalue weighted by atomic mass is 9.87. The van der Waals surface area contributed by atoms with Crippen LogP contribution >= 0.6 is 0 Å². The number of cyclic esters (lactones) is 1. The highest BCUT2D eigenvalue weighted by Gasteiger charge is 2.42. The molecule has 0 bridgehead atoms. The molecule has 2 aromatic rings. The second-order valence-electron chi connectivity index (χ2n) is 11.5. The summed E-state index contributed by atoms with van der Waals surface area (Å²) in [6, 6.07) is 17.0. The molecule has 0 aromatic heterocycles. The molecule has 0 N–H and O–H groups in total. The summed E-state index contributed by atoms with van der Waals surface area (Å²) < 4.78 is 17.2. The molecular formula is C32H43NO5. The Morgan fingerprint density at radius 3 is 2.34 bits per heavy atom. The van der Waals surface area contributed by atoms with Crippen LogP contribution in [0.25, 0.3) is 0 Å². The number of nitrogens with zero attached hydrogens (tertiary/aromatic N) is 1. The highest BCUT2D eigenvalue weighted by atomic mass is 16.6. The van der Waals surface area contributed by atoms with Crippen molar-refractivity contribution in [3.63, 3.8) is 0 Å². The van der Waals surface area contributed by atoms with E-state index in [0.717, 1.165) is 37.7 Å². The lowest BCUT2D eigenvalue weighted by Gasteiger charge is -2.35. The van der Waals surface area contributed by atoms with Crippen LogP contribution in [0, 0.1) is 5.92 Å². The first-order chi connectivity index (χ1) is 18.2. The van der Waals surface area contributed by atoms with E-state index < -0.39 is 0 Å². The first-order valence-electron chi connectivity index (χ1n) is 14.1. The summed E-state index contributed by atoms with van der Waals surface area (Å²) in [4.78, 5) is 26.0. The van der Waals surface area contributed by atoms with E-state index in [1.54, 1.807) is 0 Å². The van der Waals surface area contributed by atoms with Crippen molar-refractivity contribution < 1.29 is 23.8 Å². The van der Waals surface area contributed by atoms with Crippen LogP contribution in [0.3, 0.4) is 0 Å². The average Bonchev–Trinajstić information content (AvgIpc) is 3.47. The Bertz CT molecular complexity index is 1090. The van der Waals surface area contributed by atoms with Gasteiger partial charge < -0.3 is 14.2 Å². The van der Waals surface area contributed by atoms with Gasteiger partial charge in [0.1, 0.15) is 6.10 Å². The van der Waals surface area contributed by atoms with Gasteiger partial charge in [-0.3, -0.25) is 9.69 Å². The molecule has 0 radical (unpaired) electrons. The molecule has 6 heteroatoms. The van der Waals surface area contributed by atoms with Crippen LogP contribution in [0.2, 0.25) is 0 Å². The Balaban J connectivity index is 1.32. The molecule has 1 saturated heterocycles. The SMILES string of the molecule is CCC(CCOC(C)=O)c1ccccc1[C@@H](C)OC[C@H]1CN(C(C)(C)CC2Cc3ccccc3C2)C(=O)O1. The van der Waals surface area contributed by atoms with Gasteiger partial charge in [0.25, 0.3) is 0 Å². The zero-order valence-electron chi connectivity index (χ0n) is 23.6. The minimum absolute atomic E-state index is 0.147. The molecule has 1 heterocycles. The van der Waals surface area contributed by atoms with E-state index in [2.05, 4.69) is 57.2 Å². The van der Waals surface area contributed by atoms with E-state index >= 15 is 0 Å². The Morgan fingerprint density at radius 2 is 1.71 bits per heavy atom. The number of hydrogen-bond acceptors (Lipinski definition) is 5. The van der Waals surface area contributed by atoms with Gasteiger partial charge in [-0.25, -0.2) is 4.79 Å². The van der Waals surface area contributed by atoms with E-state index in [0.29, 0.717) is 25.7 Å². The molecule has 2 aliphatic rings. The van der Waals surface area contributed by atoms with Gasteiger partial charge in [-0.1, -0.05) is 55.5 Å². The van der Waals surface area contributed by atoms with Crippen molar-refractivity contribution in [2.45, 2.75) is 90.4 Å². The minimum Gasteiger partial charge on any atom is -0.466 e. The van der Waals surface area contributed by atoms with Crippen LogP contribution in [0.1, 0.15) is 88.2 Å². The molecule has 4 rings (SSSR count). The Kier molecular flexibility index (Phi) is 9.14. The van der Waals surface area contributed by atoms with Gasteiger partial charge in [-0.15, -0.1) is 0 Å². The monoisotopic (exact) mass is 521 g/mol. The number of rotatable bonds is 12. The molecule has 6 nitrogen and oxygen atoms in total. The zero-order valence-corrected chi connectivity index (χ0v) is 23.6. The first kappa shape index (κ1) is 28.2. The lowest BCUT2D eigenvalue weighted by Crippen LogP contribution is -2.46. The maximum atomic E-state index is 12.9. The third-order valence-electron chi connectivity index (χ3n) is 8.20. The lowest BCUT2D eigenvalue weighted by molar-refractivity contribution is -0.141. The molecule has 1 unspecified atom stereocenters. The van der Waals surface area contributed by atoms with Crippen LogP contribution in [0.15, 0.2) is 48.5 Å². The third-order valence-corrected chi connectivity index (χ3v) is 8.20. The number of carbonyl (C=O) groups is 2. The van der Waals surface area contributed by atoms with E-state index in [1.807, 2.05) is 24.0 Å². The van der Waals surface area contributed by atoms with Crippen LogP contribution in [-0.4, -0.2) is 48.4 Å². The molecule has 1 amide bonds. The molecule has 0 spiro atoms. The predicted octanol–water partition coefficient (Wildman–Crippen LogP) is 6.62. The number of carbonyl (C=O) groups excluding carboxylic acids is 2. The van der Waals surface area contributed by atoms with Gasteiger partial charge in [-0.2, -0.15) is 0 Å². The van der Waals surface area contributed by atoms with Crippen LogP contribution in [0.4, 0.5) is 4.79 Å². The zero-order chi connectivity index (χ0) is 27.3. The molecule has 2 aromatic carbocycles. The van der Waals surface area contributed by atoms with Crippen molar-refractivity contribution in [2.24, 2.45) is 5.92 Å². The number of fused-ring (bicyclic) bond motifs is 1. The van der Waals surface area contributed by atoms with Crippen molar-refractivity contribution >= 4 is 12.1 Å². The third kappa shape index (κ3) is 6.76. The molecular weight excluding hydrogens is 478 g/mol. The van der Waals surface area contributed by atoms with Gasteiger partial charge in [0.05, 0.1) is 25.9 Å². The summed E-state index contributed by atoms with van der Waals surface area (Å²) in [5, 5.41) is 0. The number of hydrogen-bond donors (Lipinski definition) is 0. The highest BCUT2D eigenvalue weighted by molar-refractivity contribution is 5.71. The number of esters is 1. The van der Waals surface area contributed by atoms with Gasteiger partial charge in [-0.05, 0) is 87.0 Å². The van der Waals surface area contributed by atoms with Crippen molar-refractivity contribution in [1.29, 1.82) is 0 Å². The summed E-state index contributed by atoms with van der Waals surface area (Å²) in [7, 11) is 0. The molecule has 3 atom stereocenters. The summed E-state index contributed by atoms with van der Waals surface area (Å²) >= 11 is 0. The normalized spacial score (nSPS) is 19.2. The van der Waals surface area contributed by atoms with Gasteiger partial charge >= 0.3 is 12.1 Å². The van der Waals surface area contributed by atoms with E-state index in [9.17, 15) is 9.59 Å². The summed E-state index contributed by atoms with van der Waals surface area (Å²) in [5.41, 5.74) is 4.94. The van der Waals surface area contributed by atoms with Gasteiger partial charge in [0.2, 0.25) is 0 Å². The predicted molar refractivity (Wildman–Crippen MR) is 148 cm³/mol. The maximum Gasteiger partial charge on any atom is 0.410 e. The van der Waals surface area contributed by atoms with Crippen LogP contribution in [0.5, 0.6) is 0 Å². The van der Waals surface area contributed by atoms with Crippen molar-refractivity contribution in [3.8, 4) is 0 Å². The topological polar surface area (TPSA) is 65.1 Å². The fourth-order valence-corrected chi connectivity index (χ4v) is 6.23. The first-order valence-corrected chi connectivity index (χ1v) is 14.1. The number of amides is 1. The Morgan fingerprint density at radius 1 is 1.08 bits per heavy atom. The molecule has 38 heavy (non-hydrogen) atoms. The number of benzene rings is 2. The largest absolute Gasteiger partial charge is 0.466 e. The minimum atomic E-state index is -0.289. The second kappa shape index (κ2) is 12.3. The van der Waals surface area contributed by atoms with Gasteiger partial charge in [0.15, 0.2) is 0 Å². The van der Waals surface area contributed by atoms with Gasteiger partial charge in [0, 0.05) is 12.5 Å². The fourth-order valence-electron chi connectivity index (χ4n) is 6.23. The smallest absolute Gasteiger partial charge is 0.410 e. The van der Waals surface area contributed by atoms with Crippen molar-refractivity contribution in [3.05, 3.63) is 70.8 Å². The maximum absolute atomic E-state index is 12.9. The summed E-state index contributed by atoms with van der Waals surface area (Å²) in [6.07, 6.45) is 4.13. The van der Waals surface area contributed by atoms with Crippen LogP contribution in [-0.2, 0) is 31.8 Å². The Labute approximate surface area is 227 Å². The molecule has 206 valence electrons. The van der Waals surface area contributed by atoms with Crippen LogP contribution < -0.4 is 0 Å². The fraction of sp³-hybridized carbons (Fsp3) is 0.562. The van der Waals surface area contributed by atoms with Crippen molar-refractivity contribution in [2.75, 3.05) is 19.8 Å². The second-order valence-corrected chi connectivity index (χ2v) is 11.5. The highest BCUT2D eigenvalue weighted by Crippen LogP contribution is 2.36. The molecule has 1 aliphatic heterocycles. The van der Waals surface area contributed by atoms with E-state index in [1.165, 1.54) is 23.6 Å². The van der Waals surface area contributed by atoms with E-state index in [4.69, 9.17) is 14.2 Å². The van der Waals surface area contributed by atoms with E-state index in [-0.39, 0.29) is 35.7 Å². The quantitative estimate of drug-likeness (QED) is 0.294. The summed E-state index contributed by atoms with van der Waals surface area (Å²) in [6.45, 7) is 11.3. The summed E-state index contributed by atoms with van der Waals surface area (Å²) in [5.74, 6) is 0.565.